The number of carbonyl (C=O) groups is 2. The fourth-order valence-corrected chi connectivity index (χ4v) is 4.08. The minimum atomic E-state index is -0.971. The number of nitro benzene ring substituents is 1. The van der Waals surface area contributed by atoms with Crippen molar-refractivity contribution < 1.29 is 23.3 Å². The molecule has 1 heterocycles. The molecule has 0 aromatic heterocycles. The van der Waals surface area contributed by atoms with Crippen LogP contribution in [0.25, 0.3) is 6.08 Å². The van der Waals surface area contributed by atoms with Gasteiger partial charge in [-0.25, -0.2) is 8.78 Å². The van der Waals surface area contributed by atoms with E-state index in [1.54, 1.807) is 12.1 Å². The monoisotopic (exact) mass is 506 g/mol. The highest BCUT2D eigenvalue weighted by atomic mass is 19.1. The Morgan fingerprint density at radius 1 is 0.838 bits per heavy atom. The molecule has 3 aromatic rings. The van der Waals surface area contributed by atoms with E-state index in [4.69, 9.17) is 0 Å². The third-order valence-electron chi connectivity index (χ3n) is 5.94. The summed E-state index contributed by atoms with van der Waals surface area (Å²) in [6.07, 6.45) is 4.06. The number of piperidine rings is 1. The van der Waals surface area contributed by atoms with E-state index in [1.165, 1.54) is 42.5 Å². The SMILES string of the molecule is O=C(Nc1ccccc1F)C(=Cc1ccc(N2CCCCC2)c([N+](=O)[O-])c1)C(=O)Nc1ccccc1F. The van der Waals surface area contributed by atoms with Crippen LogP contribution in [-0.4, -0.2) is 29.8 Å². The summed E-state index contributed by atoms with van der Waals surface area (Å²) in [5.74, 6) is -3.37. The van der Waals surface area contributed by atoms with Gasteiger partial charge >= 0.3 is 0 Å². The van der Waals surface area contributed by atoms with Gasteiger partial charge in [0.15, 0.2) is 0 Å². The zero-order valence-electron chi connectivity index (χ0n) is 19.7. The summed E-state index contributed by atoms with van der Waals surface area (Å²) < 4.78 is 28.3. The summed E-state index contributed by atoms with van der Waals surface area (Å²) in [6.45, 7) is 1.38. The highest BCUT2D eigenvalue weighted by Crippen LogP contribution is 2.32. The molecule has 1 aliphatic heterocycles. The molecule has 0 spiro atoms. The summed E-state index contributed by atoms with van der Waals surface area (Å²) in [5, 5.41) is 16.5. The van der Waals surface area contributed by atoms with E-state index in [9.17, 15) is 28.5 Å². The van der Waals surface area contributed by atoms with Crippen molar-refractivity contribution >= 4 is 40.6 Å². The minimum absolute atomic E-state index is 0.163. The van der Waals surface area contributed by atoms with Crippen molar-refractivity contribution in [2.24, 2.45) is 0 Å². The summed E-state index contributed by atoms with van der Waals surface area (Å²) >= 11 is 0. The average molecular weight is 507 g/mol. The van der Waals surface area contributed by atoms with Gasteiger partial charge in [-0.3, -0.25) is 19.7 Å². The van der Waals surface area contributed by atoms with Gasteiger partial charge in [-0.2, -0.15) is 0 Å². The van der Waals surface area contributed by atoms with Crippen LogP contribution in [0.15, 0.2) is 72.3 Å². The first-order chi connectivity index (χ1) is 17.8. The van der Waals surface area contributed by atoms with E-state index < -0.39 is 33.9 Å². The van der Waals surface area contributed by atoms with Crippen LogP contribution in [0.2, 0.25) is 0 Å². The molecule has 4 rings (SSSR count). The summed E-state index contributed by atoms with van der Waals surface area (Å²) in [5.41, 5.74) is -0.331. The van der Waals surface area contributed by atoms with Gasteiger partial charge in [0.25, 0.3) is 17.5 Å². The van der Waals surface area contributed by atoms with Crippen LogP contribution >= 0.6 is 0 Å². The van der Waals surface area contributed by atoms with Gasteiger partial charge in [0.2, 0.25) is 0 Å². The van der Waals surface area contributed by atoms with Crippen molar-refractivity contribution in [1.82, 2.24) is 0 Å². The minimum Gasteiger partial charge on any atom is -0.366 e. The van der Waals surface area contributed by atoms with Crippen LogP contribution < -0.4 is 15.5 Å². The fourth-order valence-electron chi connectivity index (χ4n) is 4.08. The maximum atomic E-state index is 14.1. The summed E-state index contributed by atoms with van der Waals surface area (Å²) in [4.78, 5) is 39.4. The summed E-state index contributed by atoms with van der Waals surface area (Å²) in [6, 6.07) is 15.2. The lowest BCUT2D eigenvalue weighted by Crippen LogP contribution is -2.30. The normalized spacial score (nSPS) is 13.0. The standard InChI is InChI=1S/C27H24F2N4O4/c28-20-8-2-4-10-22(20)30-26(34)19(27(35)31-23-11-5-3-9-21(23)29)16-18-12-13-24(25(17-18)33(36)37)32-14-6-1-7-15-32/h2-5,8-13,16-17H,1,6-7,14-15H2,(H,30,34)(H,31,35). The maximum absolute atomic E-state index is 14.1. The Balaban J connectivity index is 1.71. The zero-order valence-corrected chi connectivity index (χ0v) is 19.7. The van der Waals surface area contributed by atoms with Crippen LogP contribution in [-0.2, 0) is 9.59 Å². The second-order valence-corrected chi connectivity index (χ2v) is 8.48. The Labute approximate surface area is 211 Å². The largest absolute Gasteiger partial charge is 0.366 e. The number of rotatable bonds is 7. The molecule has 2 N–H and O–H groups in total. The van der Waals surface area contributed by atoms with Crippen LogP contribution in [0.1, 0.15) is 24.8 Å². The Kier molecular flexibility index (Phi) is 7.87. The number of anilines is 3. The molecule has 10 heteroatoms. The maximum Gasteiger partial charge on any atom is 0.293 e. The topological polar surface area (TPSA) is 105 Å². The first-order valence-electron chi connectivity index (χ1n) is 11.7. The Hall–Kier alpha value is -4.60. The van der Waals surface area contributed by atoms with Gasteiger partial charge < -0.3 is 15.5 Å². The molecule has 37 heavy (non-hydrogen) atoms. The summed E-state index contributed by atoms with van der Waals surface area (Å²) in [7, 11) is 0. The van der Waals surface area contributed by atoms with E-state index in [0.29, 0.717) is 18.8 Å². The van der Waals surface area contributed by atoms with Gasteiger partial charge in [-0.05, 0) is 61.2 Å². The van der Waals surface area contributed by atoms with E-state index in [2.05, 4.69) is 10.6 Å². The van der Waals surface area contributed by atoms with E-state index in [-0.39, 0.29) is 22.6 Å². The molecule has 0 atom stereocenters. The molecule has 0 aliphatic carbocycles. The van der Waals surface area contributed by atoms with Gasteiger partial charge in [0, 0.05) is 19.2 Å². The highest BCUT2D eigenvalue weighted by Gasteiger charge is 2.24. The van der Waals surface area contributed by atoms with Gasteiger partial charge in [-0.15, -0.1) is 0 Å². The lowest BCUT2D eigenvalue weighted by molar-refractivity contribution is -0.384. The molecule has 0 bridgehead atoms. The zero-order chi connectivity index (χ0) is 26.4. The van der Waals surface area contributed by atoms with Gasteiger partial charge in [-0.1, -0.05) is 30.3 Å². The first kappa shape index (κ1) is 25.5. The highest BCUT2D eigenvalue weighted by molar-refractivity contribution is 6.28. The van der Waals surface area contributed by atoms with Crippen molar-refractivity contribution in [1.29, 1.82) is 0 Å². The number of nitrogens with one attached hydrogen (secondary N) is 2. The first-order valence-corrected chi connectivity index (χ1v) is 11.7. The van der Waals surface area contributed by atoms with Crippen molar-refractivity contribution in [3.8, 4) is 0 Å². The molecule has 0 unspecified atom stereocenters. The van der Waals surface area contributed by atoms with Crippen molar-refractivity contribution in [3.05, 3.63) is 99.6 Å². The van der Waals surface area contributed by atoms with E-state index >= 15 is 0 Å². The van der Waals surface area contributed by atoms with Gasteiger partial charge in [0.1, 0.15) is 22.9 Å². The number of halogens is 2. The number of nitrogens with zero attached hydrogens (tertiary/aromatic N) is 2. The smallest absolute Gasteiger partial charge is 0.293 e. The molecule has 8 nitrogen and oxygen atoms in total. The van der Waals surface area contributed by atoms with Crippen molar-refractivity contribution in [3.63, 3.8) is 0 Å². The molecule has 3 aromatic carbocycles. The van der Waals surface area contributed by atoms with Crippen LogP contribution in [0.5, 0.6) is 0 Å². The second kappa shape index (κ2) is 11.4. The molecule has 0 radical (unpaired) electrons. The van der Waals surface area contributed by atoms with Crippen LogP contribution in [0, 0.1) is 21.7 Å². The molecular formula is C27H24F2N4O4. The number of para-hydroxylation sites is 2. The number of carbonyl (C=O) groups excluding carboxylic acids is 2. The predicted molar refractivity (Wildman–Crippen MR) is 137 cm³/mol. The number of nitro groups is 1. The second-order valence-electron chi connectivity index (χ2n) is 8.48. The molecule has 1 fully saturated rings. The third-order valence-corrected chi connectivity index (χ3v) is 5.94. The lowest BCUT2D eigenvalue weighted by Gasteiger charge is -2.28. The Bertz CT molecular complexity index is 1310. The van der Waals surface area contributed by atoms with E-state index in [1.807, 2.05) is 4.90 Å². The molecule has 1 saturated heterocycles. The van der Waals surface area contributed by atoms with Crippen LogP contribution in [0.4, 0.5) is 31.5 Å². The number of hydrogen-bond acceptors (Lipinski definition) is 5. The number of hydrogen-bond donors (Lipinski definition) is 2. The lowest BCUT2D eigenvalue weighted by atomic mass is 10.1. The van der Waals surface area contributed by atoms with Crippen molar-refractivity contribution in [2.75, 3.05) is 28.6 Å². The molecule has 0 saturated carbocycles. The van der Waals surface area contributed by atoms with Crippen molar-refractivity contribution in [2.45, 2.75) is 19.3 Å². The predicted octanol–water partition coefficient (Wildman–Crippen LogP) is 5.52. The average Bonchev–Trinajstić information content (AvgIpc) is 2.90. The fraction of sp³-hybridized carbons (Fsp3) is 0.185. The number of amides is 2. The third kappa shape index (κ3) is 6.16. The molecule has 190 valence electrons. The Morgan fingerprint density at radius 3 is 1.89 bits per heavy atom. The molecular weight excluding hydrogens is 482 g/mol. The Morgan fingerprint density at radius 2 is 1.38 bits per heavy atom. The molecule has 2 amide bonds. The van der Waals surface area contributed by atoms with E-state index in [0.717, 1.165) is 37.5 Å². The molecule has 1 aliphatic rings. The van der Waals surface area contributed by atoms with Gasteiger partial charge in [0.05, 0.1) is 16.3 Å². The van der Waals surface area contributed by atoms with Crippen LogP contribution in [0.3, 0.4) is 0 Å². The quantitative estimate of drug-likeness (QED) is 0.144. The number of benzene rings is 3.